The molecule has 1 aliphatic heterocycles. The predicted molar refractivity (Wildman–Crippen MR) is 93.1 cm³/mol. The van der Waals surface area contributed by atoms with Crippen LogP contribution in [0.15, 0.2) is 35.5 Å². The van der Waals surface area contributed by atoms with E-state index in [1.807, 2.05) is 0 Å². The Morgan fingerprint density at radius 1 is 1.27 bits per heavy atom. The zero-order chi connectivity index (χ0) is 18.8. The summed E-state index contributed by atoms with van der Waals surface area (Å²) in [6.45, 7) is 3.70. The smallest absolute Gasteiger partial charge is 0.338 e. The number of hydrogen-bond donors (Lipinski definition) is 2. The van der Waals surface area contributed by atoms with E-state index >= 15 is 0 Å². The van der Waals surface area contributed by atoms with Crippen molar-refractivity contribution in [2.75, 3.05) is 0 Å². The third-order valence-electron chi connectivity index (χ3n) is 4.97. The summed E-state index contributed by atoms with van der Waals surface area (Å²) in [5.74, 6) is -0.166. The number of esters is 1. The zero-order valence-corrected chi connectivity index (χ0v) is 14.7. The molecule has 138 valence electrons. The summed E-state index contributed by atoms with van der Waals surface area (Å²) in [4.78, 5) is 35.0. The first-order valence-corrected chi connectivity index (χ1v) is 8.60. The molecule has 2 amide bonds. The van der Waals surface area contributed by atoms with Gasteiger partial charge in [-0.3, -0.25) is 10.1 Å². The van der Waals surface area contributed by atoms with Gasteiger partial charge in [0, 0.05) is 17.8 Å². The number of carbonyl (C=O) groups excluding carboxylic acids is 2. The number of allylic oxidation sites excluding steroid dienone is 1. The van der Waals surface area contributed by atoms with E-state index < -0.39 is 23.0 Å². The summed E-state index contributed by atoms with van der Waals surface area (Å²) in [5.41, 5.74) is 1.26. The molecule has 0 bridgehead atoms. The van der Waals surface area contributed by atoms with Gasteiger partial charge in [0.25, 0.3) is 5.69 Å². The highest BCUT2D eigenvalue weighted by Gasteiger charge is 2.35. The molecule has 3 rings (SSSR count). The van der Waals surface area contributed by atoms with E-state index in [1.165, 1.54) is 24.3 Å². The normalized spacial score (nSPS) is 25.5. The molecule has 1 aromatic carbocycles. The van der Waals surface area contributed by atoms with Gasteiger partial charge in [0.05, 0.1) is 16.5 Å². The average Bonchev–Trinajstić information content (AvgIpc) is 2.99. The van der Waals surface area contributed by atoms with Crippen LogP contribution in [0, 0.1) is 16.0 Å². The Kier molecular flexibility index (Phi) is 4.92. The van der Waals surface area contributed by atoms with Crippen LogP contribution in [0.25, 0.3) is 0 Å². The van der Waals surface area contributed by atoms with Crippen LogP contribution in [0.2, 0.25) is 0 Å². The largest absolute Gasteiger partial charge is 0.459 e. The van der Waals surface area contributed by atoms with Crippen LogP contribution in [-0.2, 0) is 9.53 Å². The van der Waals surface area contributed by atoms with Crippen LogP contribution in [0.4, 0.5) is 10.5 Å². The van der Waals surface area contributed by atoms with Crippen molar-refractivity contribution >= 4 is 17.7 Å². The zero-order valence-electron chi connectivity index (χ0n) is 14.7. The lowest BCUT2D eigenvalue weighted by Gasteiger charge is -2.29. The summed E-state index contributed by atoms with van der Waals surface area (Å²) < 4.78 is 5.69. The topological polar surface area (TPSA) is 111 Å². The molecule has 1 fully saturated rings. The number of nitrogens with zero attached hydrogens (tertiary/aromatic N) is 1. The summed E-state index contributed by atoms with van der Waals surface area (Å²) in [6.07, 6.45) is 2.76. The van der Waals surface area contributed by atoms with Gasteiger partial charge in [0.15, 0.2) is 0 Å². The molecular formula is C18H21N3O5. The number of ether oxygens (including phenoxy) is 1. The van der Waals surface area contributed by atoms with Crippen molar-refractivity contribution < 1.29 is 19.2 Å². The number of carbonyl (C=O) groups is 2. The van der Waals surface area contributed by atoms with E-state index in [9.17, 15) is 19.7 Å². The molecule has 0 radical (unpaired) electrons. The number of rotatable bonds is 4. The highest BCUT2D eigenvalue weighted by molar-refractivity contribution is 5.95. The SMILES string of the molecule is CC1=C(C(=O)O[C@@H]2CCC[C@H]2C)[C@H](c2ccc([N+](=O)[O-])cc2)NC(=O)N1. The molecule has 1 saturated carbocycles. The van der Waals surface area contributed by atoms with E-state index in [1.54, 1.807) is 6.92 Å². The van der Waals surface area contributed by atoms with Crippen molar-refractivity contribution in [2.45, 2.75) is 45.3 Å². The summed E-state index contributed by atoms with van der Waals surface area (Å²) in [6, 6.07) is 4.62. The van der Waals surface area contributed by atoms with Crippen LogP contribution < -0.4 is 10.6 Å². The van der Waals surface area contributed by atoms with Crippen LogP contribution in [-0.4, -0.2) is 23.0 Å². The Hall–Kier alpha value is -2.90. The van der Waals surface area contributed by atoms with Crippen molar-refractivity contribution in [1.29, 1.82) is 0 Å². The van der Waals surface area contributed by atoms with Gasteiger partial charge in [-0.15, -0.1) is 0 Å². The number of non-ortho nitro benzene ring substituents is 1. The van der Waals surface area contributed by atoms with Gasteiger partial charge >= 0.3 is 12.0 Å². The van der Waals surface area contributed by atoms with Crippen LogP contribution in [0.1, 0.15) is 44.7 Å². The lowest BCUT2D eigenvalue weighted by Crippen LogP contribution is -2.45. The molecule has 0 aromatic heterocycles. The second-order valence-electron chi connectivity index (χ2n) is 6.77. The minimum Gasteiger partial charge on any atom is -0.459 e. The first-order valence-electron chi connectivity index (χ1n) is 8.60. The molecular weight excluding hydrogens is 338 g/mol. The Balaban J connectivity index is 1.88. The maximum absolute atomic E-state index is 12.8. The van der Waals surface area contributed by atoms with Gasteiger partial charge in [0.2, 0.25) is 0 Å². The third kappa shape index (κ3) is 3.54. The van der Waals surface area contributed by atoms with Gasteiger partial charge in [-0.2, -0.15) is 0 Å². The van der Waals surface area contributed by atoms with E-state index in [2.05, 4.69) is 17.6 Å². The van der Waals surface area contributed by atoms with Gasteiger partial charge in [-0.25, -0.2) is 9.59 Å². The average molecular weight is 359 g/mol. The van der Waals surface area contributed by atoms with E-state index in [4.69, 9.17) is 4.74 Å². The maximum atomic E-state index is 12.8. The molecule has 8 heteroatoms. The number of amides is 2. The predicted octanol–water partition coefficient (Wildman–Crippen LogP) is 2.95. The molecule has 0 unspecified atom stereocenters. The molecule has 2 aliphatic rings. The molecule has 3 atom stereocenters. The molecule has 1 aliphatic carbocycles. The molecule has 0 saturated heterocycles. The van der Waals surface area contributed by atoms with Gasteiger partial charge in [0.1, 0.15) is 6.10 Å². The number of nitro groups is 1. The molecule has 2 N–H and O–H groups in total. The minimum atomic E-state index is -0.714. The van der Waals surface area contributed by atoms with Crippen LogP contribution in [0.3, 0.4) is 0 Å². The lowest BCUT2D eigenvalue weighted by molar-refractivity contribution is -0.384. The summed E-state index contributed by atoms with van der Waals surface area (Å²) in [5, 5.41) is 16.1. The van der Waals surface area contributed by atoms with Gasteiger partial charge < -0.3 is 15.4 Å². The van der Waals surface area contributed by atoms with Crippen LogP contribution in [0.5, 0.6) is 0 Å². The number of hydrogen-bond acceptors (Lipinski definition) is 5. The van der Waals surface area contributed by atoms with E-state index in [0.717, 1.165) is 19.3 Å². The Morgan fingerprint density at radius 3 is 2.54 bits per heavy atom. The van der Waals surface area contributed by atoms with Crippen LogP contribution >= 0.6 is 0 Å². The molecule has 8 nitrogen and oxygen atoms in total. The highest BCUT2D eigenvalue weighted by atomic mass is 16.6. The fourth-order valence-corrected chi connectivity index (χ4v) is 3.49. The second-order valence-corrected chi connectivity index (χ2v) is 6.77. The Labute approximate surface area is 150 Å². The Morgan fingerprint density at radius 2 is 1.96 bits per heavy atom. The monoisotopic (exact) mass is 359 g/mol. The lowest BCUT2D eigenvalue weighted by atomic mass is 9.95. The quantitative estimate of drug-likeness (QED) is 0.488. The molecule has 1 heterocycles. The number of nitro benzene ring substituents is 1. The molecule has 26 heavy (non-hydrogen) atoms. The molecule has 1 aromatic rings. The highest BCUT2D eigenvalue weighted by Crippen LogP contribution is 2.32. The van der Waals surface area contributed by atoms with Crippen molar-refractivity contribution in [3.05, 3.63) is 51.2 Å². The van der Waals surface area contributed by atoms with Crippen molar-refractivity contribution in [2.24, 2.45) is 5.92 Å². The summed E-state index contributed by atoms with van der Waals surface area (Å²) >= 11 is 0. The van der Waals surface area contributed by atoms with E-state index in [-0.39, 0.29) is 11.8 Å². The number of urea groups is 1. The fourth-order valence-electron chi connectivity index (χ4n) is 3.49. The van der Waals surface area contributed by atoms with Crippen molar-refractivity contribution in [3.63, 3.8) is 0 Å². The summed E-state index contributed by atoms with van der Waals surface area (Å²) in [7, 11) is 0. The van der Waals surface area contributed by atoms with Crippen molar-refractivity contribution in [3.8, 4) is 0 Å². The first kappa shape index (κ1) is 17.9. The second kappa shape index (κ2) is 7.15. The molecule has 0 spiro atoms. The van der Waals surface area contributed by atoms with Gasteiger partial charge in [-0.05, 0) is 49.8 Å². The van der Waals surface area contributed by atoms with E-state index in [0.29, 0.717) is 22.8 Å². The maximum Gasteiger partial charge on any atom is 0.338 e. The van der Waals surface area contributed by atoms with Gasteiger partial charge in [-0.1, -0.05) is 6.92 Å². The fraction of sp³-hybridized carbons (Fsp3) is 0.444. The Bertz CT molecular complexity index is 772. The standard InChI is InChI=1S/C18H21N3O5/c1-10-4-3-5-14(10)26-17(22)15-11(2)19-18(23)20-16(15)12-6-8-13(9-7-12)21(24)25/h6-10,14,16H,3-5H2,1-2H3,(H2,19,20,23)/t10-,14-,16+/m1/s1. The minimum absolute atomic E-state index is 0.0568. The van der Waals surface area contributed by atoms with Crippen molar-refractivity contribution in [1.82, 2.24) is 10.6 Å². The number of nitrogens with one attached hydrogen (secondary N) is 2. The third-order valence-corrected chi connectivity index (χ3v) is 4.97. The first-order chi connectivity index (χ1) is 12.4. The number of benzene rings is 1.